The molecule has 0 spiro atoms. The molecule has 0 saturated carbocycles. The lowest BCUT2D eigenvalue weighted by Crippen LogP contribution is -2.33. The number of halogens is 1. The Bertz CT molecular complexity index is 378. The van der Waals surface area contributed by atoms with E-state index in [-0.39, 0.29) is 12.4 Å². The Kier molecular flexibility index (Phi) is 4.13. The van der Waals surface area contributed by atoms with Gasteiger partial charge in [-0.15, -0.1) is 0 Å². The zero-order valence-corrected chi connectivity index (χ0v) is 10.5. The highest BCUT2D eigenvalue weighted by Crippen LogP contribution is 2.19. The van der Waals surface area contributed by atoms with Crippen LogP contribution < -0.4 is 5.73 Å². The lowest BCUT2D eigenvalue weighted by atomic mass is 9.99. The molecule has 2 N–H and O–H groups in total. The number of rotatable bonds is 3. The minimum Gasteiger partial charge on any atom is -0.326 e. The van der Waals surface area contributed by atoms with Gasteiger partial charge in [0.05, 0.1) is 0 Å². The standard InChI is InChI=1S/C14H21FN2/c1-11-3-2-6-17(9-11)10-12-4-5-14(15)13(7-12)8-16/h4-5,7,11H,2-3,6,8-10,16H2,1H3. The largest absolute Gasteiger partial charge is 0.326 e. The molecule has 1 saturated heterocycles. The van der Waals surface area contributed by atoms with Crippen molar-refractivity contribution in [3.8, 4) is 0 Å². The second kappa shape index (κ2) is 5.61. The third-order valence-corrected chi connectivity index (χ3v) is 3.48. The molecule has 1 aromatic rings. The lowest BCUT2D eigenvalue weighted by Gasteiger charge is -2.30. The van der Waals surface area contributed by atoms with Crippen LogP contribution in [0.1, 0.15) is 30.9 Å². The van der Waals surface area contributed by atoms with Gasteiger partial charge in [-0.25, -0.2) is 4.39 Å². The molecule has 0 aromatic heterocycles. The predicted octanol–water partition coefficient (Wildman–Crippen LogP) is 2.52. The van der Waals surface area contributed by atoms with E-state index in [9.17, 15) is 4.39 Å². The fourth-order valence-electron chi connectivity index (χ4n) is 2.57. The molecule has 1 aliphatic heterocycles. The monoisotopic (exact) mass is 236 g/mol. The molecule has 1 fully saturated rings. The molecule has 0 aliphatic carbocycles. The van der Waals surface area contributed by atoms with Gasteiger partial charge in [0.25, 0.3) is 0 Å². The van der Waals surface area contributed by atoms with Crippen molar-refractivity contribution in [1.29, 1.82) is 0 Å². The van der Waals surface area contributed by atoms with E-state index >= 15 is 0 Å². The maximum atomic E-state index is 13.3. The van der Waals surface area contributed by atoms with Crippen LogP contribution in [0.3, 0.4) is 0 Å². The third kappa shape index (κ3) is 3.27. The molecule has 1 heterocycles. The van der Waals surface area contributed by atoms with Gasteiger partial charge in [0.1, 0.15) is 5.82 Å². The van der Waals surface area contributed by atoms with Crippen molar-refractivity contribution in [2.75, 3.05) is 13.1 Å². The first-order valence-electron chi connectivity index (χ1n) is 6.38. The fraction of sp³-hybridized carbons (Fsp3) is 0.571. The molecule has 0 radical (unpaired) electrons. The molecule has 1 aliphatic rings. The van der Waals surface area contributed by atoms with Crippen LogP contribution in [0.5, 0.6) is 0 Å². The first-order chi connectivity index (χ1) is 8.19. The van der Waals surface area contributed by atoms with Gasteiger partial charge in [-0.2, -0.15) is 0 Å². The highest BCUT2D eigenvalue weighted by atomic mass is 19.1. The molecule has 94 valence electrons. The van der Waals surface area contributed by atoms with Crippen molar-refractivity contribution in [1.82, 2.24) is 4.90 Å². The van der Waals surface area contributed by atoms with Crippen LogP contribution in [0.4, 0.5) is 4.39 Å². The summed E-state index contributed by atoms with van der Waals surface area (Å²) < 4.78 is 13.3. The van der Waals surface area contributed by atoms with Crippen molar-refractivity contribution >= 4 is 0 Å². The van der Waals surface area contributed by atoms with Gasteiger partial charge >= 0.3 is 0 Å². The van der Waals surface area contributed by atoms with E-state index in [1.54, 1.807) is 0 Å². The van der Waals surface area contributed by atoms with Crippen LogP contribution in [0, 0.1) is 11.7 Å². The van der Waals surface area contributed by atoms with Gasteiger partial charge in [0.15, 0.2) is 0 Å². The second-order valence-corrected chi connectivity index (χ2v) is 5.11. The minimum absolute atomic E-state index is 0.191. The molecular weight excluding hydrogens is 215 g/mol. The SMILES string of the molecule is CC1CCCN(Cc2ccc(F)c(CN)c2)C1. The van der Waals surface area contributed by atoms with Crippen molar-refractivity contribution < 1.29 is 4.39 Å². The molecule has 17 heavy (non-hydrogen) atoms. The van der Waals surface area contributed by atoms with E-state index in [1.807, 2.05) is 12.1 Å². The van der Waals surface area contributed by atoms with E-state index in [0.717, 1.165) is 25.6 Å². The predicted molar refractivity (Wildman–Crippen MR) is 68.0 cm³/mol. The summed E-state index contributed by atoms with van der Waals surface area (Å²) in [6, 6.07) is 5.30. The highest BCUT2D eigenvalue weighted by molar-refractivity contribution is 5.25. The number of hydrogen-bond donors (Lipinski definition) is 1. The molecule has 1 unspecified atom stereocenters. The van der Waals surface area contributed by atoms with Gasteiger partial charge in [0, 0.05) is 25.2 Å². The van der Waals surface area contributed by atoms with Gasteiger partial charge < -0.3 is 5.73 Å². The summed E-state index contributed by atoms with van der Waals surface area (Å²) in [5.41, 5.74) is 7.31. The van der Waals surface area contributed by atoms with Crippen molar-refractivity contribution in [2.24, 2.45) is 11.7 Å². The smallest absolute Gasteiger partial charge is 0.127 e. The number of likely N-dealkylation sites (tertiary alicyclic amines) is 1. The van der Waals surface area contributed by atoms with Gasteiger partial charge in [-0.05, 0) is 36.9 Å². The Labute approximate surface area is 103 Å². The Hall–Kier alpha value is -0.930. The van der Waals surface area contributed by atoms with E-state index in [0.29, 0.717) is 5.56 Å². The van der Waals surface area contributed by atoms with E-state index in [2.05, 4.69) is 11.8 Å². The van der Waals surface area contributed by atoms with Gasteiger partial charge in [-0.1, -0.05) is 19.1 Å². The number of nitrogens with two attached hydrogens (primary N) is 1. The van der Waals surface area contributed by atoms with Crippen LogP contribution in [0.2, 0.25) is 0 Å². The number of piperidine rings is 1. The van der Waals surface area contributed by atoms with E-state index < -0.39 is 0 Å². The molecule has 1 atom stereocenters. The number of benzene rings is 1. The van der Waals surface area contributed by atoms with E-state index in [4.69, 9.17) is 5.73 Å². The van der Waals surface area contributed by atoms with Crippen molar-refractivity contribution in [3.63, 3.8) is 0 Å². The summed E-state index contributed by atoms with van der Waals surface area (Å²) in [6.07, 6.45) is 2.60. The molecule has 1 aromatic carbocycles. The fourth-order valence-corrected chi connectivity index (χ4v) is 2.57. The first kappa shape index (κ1) is 12.5. The molecule has 0 amide bonds. The Balaban J connectivity index is 2.02. The summed E-state index contributed by atoms with van der Waals surface area (Å²) in [4.78, 5) is 2.45. The average molecular weight is 236 g/mol. The summed E-state index contributed by atoms with van der Waals surface area (Å²) >= 11 is 0. The van der Waals surface area contributed by atoms with Crippen LogP contribution in [-0.2, 0) is 13.1 Å². The molecule has 2 nitrogen and oxygen atoms in total. The highest BCUT2D eigenvalue weighted by Gasteiger charge is 2.16. The van der Waals surface area contributed by atoms with Crippen LogP contribution >= 0.6 is 0 Å². The number of nitrogens with zero attached hydrogens (tertiary/aromatic N) is 1. The van der Waals surface area contributed by atoms with Crippen LogP contribution in [-0.4, -0.2) is 18.0 Å². The van der Waals surface area contributed by atoms with Crippen LogP contribution in [0.25, 0.3) is 0 Å². The van der Waals surface area contributed by atoms with E-state index in [1.165, 1.54) is 24.5 Å². The Morgan fingerprint density at radius 2 is 2.29 bits per heavy atom. The van der Waals surface area contributed by atoms with Crippen LogP contribution in [0.15, 0.2) is 18.2 Å². The van der Waals surface area contributed by atoms with Gasteiger partial charge in [-0.3, -0.25) is 4.90 Å². The third-order valence-electron chi connectivity index (χ3n) is 3.48. The molecule has 3 heteroatoms. The zero-order valence-electron chi connectivity index (χ0n) is 10.5. The Morgan fingerprint density at radius 3 is 3.00 bits per heavy atom. The van der Waals surface area contributed by atoms with Crippen molar-refractivity contribution in [2.45, 2.75) is 32.9 Å². The lowest BCUT2D eigenvalue weighted by molar-refractivity contribution is 0.176. The molecule has 2 rings (SSSR count). The molecular formula is C14H21FN2. The van der Waals surface area contributed by atoms with Gasteiger partial charge in [0.2, 0.25) is 0 Å². The van der Waals surface area contributed by atoms with Crippen molar-refractivity contribution in [3.05, 3.63) is 35.1 Å². The maximum absolute atomic E-state index is 13.3. The summed E-state index contributed by atoms with van der Waals surface area (Å²) in [5, 5.41) is 0. The molecule has 0 bridgehead atoms. The first-order valence-corrected chi connectivity index (χ1v) is 6.38. The topological polar surface area (TPSA) is 29.3 Å². The summed E-state index contributed by atoms with van der Waals surface area (Å²) in [7, 11) is 0. The normalized spacial score (nSPS) is 21.7. The zero-order chi connectivity index (χ0) is 12.3. The summed E-state index contributed by atoms with van der Waals surface area (Å²) in [6.45, 7) is 5.78. The summed E-state index contributed by atoms with van der Waals surface area (Å²) in [5.74, 6) is 0.585. The Morgan fingerprint density at radius 1 is 1.47 bits per heavy atom. The average Bonchev–Trinajstić information content (AvgIpc) is 2.32. The second-order valence-electron chi connectivity index (χ2n) is 5.11. The minimum atomic E-state index is -0.191. The maximum Gasteiger partial charge on any atom is 0.127 e. The quantitative estimate of drug-likeness (QED) is 0.873. The number of hydrogen-bond acceptors (Lipinski definition) is 2.